The molecule has 1 aliphatic heterocycles. The molecule has 2 rings (SSSR count). The Kier molecular flexibility index (Phi) is 5.31. The van der Waals surface area contributed by atoms with E-state index >= 15 is 0 Å². The molecule has 1 aromatic rings. The van der Waals surface area contributed by atoms with Gasteiger partial charge in [-0.25, -0.2) is 0 Å². The largest absolute Gasteiger partial charge is 0.496 e. The van der Waals surface area contributed by atoms with Crippen LogP contribution in [0.5, 0.6) is 17.2 Å². The molecule has 118 valence electrons. The van der Waals surface area contributed by atoms with E-state index in [0.717, 1.165) is 30.0 Å². The molecule has 1 saturated heterocycles. The normalized spacial score (nSPS) is 22.9. The molecule has 0 amide bonds. The number of nitrogens with zero attached hydrogens (tertiary/aromatic N) is 1. The van der Waals surface area contributed by atoms with Gasteiger partial charge < -0.3 is 19.9 Å². The summed E-state index contributed by atoms with van der Waals surface area (Å²) in [6, 6.07) is 4.16. The van der Waals surface area contributed by atoms with E-state index in [1.807, 2.05) is 12.1 Å². The van der Waals surface area contributed by atoms with Crippen molar-refractivity contribution in [3.8, 4) is 17.2 Å². The Hall–Kier alpha value is -1.46. The zero-order chi connectivity index (χ0) is 15.4. The zero-order valence-electron chi connectivity index (χ0n) is 13.4. The van der Waals surface area contributed by atoms with Crippen molar-refractivity contribution in [2.24, 2.45) is 11.7 Å². The van der Waals surface area contributed by atoms with Crippen molar-refractivity contribution in [3.63, 3.8) is 0 Å². The van der Waals surface area contributed by atoms with Gasteiger partial charge >= 0.3 is 0 Å². The van der Waals surface area contributed by atoms with Crippen LogP contribution in [-0.2, 0) is 0 Å². The number of likely N-dealkylation sites (tertiary alicyclic amines) is 1. The lowest BCUT2D eigenvalue weighted by atomic mass is 9.84. The van der Waals surface area contributed by atoms with Crippen LogP contribution in [0, 0.1) is 5.92 Å². The summed E-state index contributed by atoms with van der Waals surface area (Å²) >= 11 is 0. The highest BCUT2D eigenvalue weighted by Gasteiger charge is 2.32. The van der Waals surface area contributed by atoms with Gasteiger partial charge in [0.2, 0.25) is 0 Å². The second-order valence-corrected chi connectivity index (χ2v) is 5.51. The zero-order valence-corrected chi connectivity index (χ0v) is 13.4. The Morgan fingerprint density at radius 3 is 2.29 bits per heavy atom. The van der Waals surface area contributed by atoms with Crippen LogP contribution in [0.3, 0.4) is 0 Å². The van der Waals surface area contributed by atoms with Gasteiger partial charge in [0.05, 0.1) is 21.3 Å². The highest BCUT2D eigenvalue weighted by atomic mass is 16.5. The summed E-state index contributed by atoms with van der Waals surface area (Å²) in [5.41, 5.74) is 7.11. The fraction of sp³-hybridized carbons (Fsp3) is 0.625. The first-order valence-electron chi connectivity index (χ1n) is 7.36. The molecule has 0 aliphatic carbocycles. The predicted molar refractivity (Wildman–Crippen MR) is 83.2 cm³/mol. The Bertz CT molecular complexity index is 479. The fourth-order valence-corrected chi connectivity index (χ4v) is 3.28. The van der Waals surface area contributed by atoms with Crippen LogP contribution in [0.4, 0.5) is 0 Å². The molecule has 2 unspecified atom stereocenters. The molecule has 0 aromatic heterocycles. The summed E-state index contributed by atoms with van der Waals surface area (Å²) in [5, 5.41) is 0. The van der Waals surface area contributed by atoms with Crippen LogP contribution in [0.25, 0.3) is 0 Å². The quantitative estimate of drug-likeness (QED) is 0.901. The van der Waals surface area contributed by atoms with Crippen LogP contribution >= 0.6 is 0 Å². The van der Waals surface area contributed by atoms with Gasteiger partial charge in [0.15, 0.2) is 11.5 Å². The third kappa shape index (κ3) is 3.09. The summed E-state index contributed by atoms with van der Waals surface area (Å²) in [5.74, 6) is 2.66. The molecular weight excluding hydrogens is 268 g/mol. The topological polar surface area (TPSA) is 57.0 Å². The van der Waals surface area contributed by atoms with E-state index < -0.39 is 0 Å². The lowest BCUT2D eigenvalue weighted by Crippen LogP contribution is -2.39. The van der Waals surface area contributed by atoms with Crippen molar-refractivity contribution in [2.45, 2.75) is 18.9 Å². The molecule has 1 aromatic carbocycles. The van der Waals surface area contributed by atoms with E-state index in [2.05, 4.69) is 11.9 Å². The van der Waals surface area contributed by atoms with Crippen LogP contribution < -0.4 is 19.9 Å². The summed E-state index contributed by atoms with van der Waals surface area (Å²) in [6.07, 6.45) is 2.33. The molecule has 2 N–H and O–H groups in total. The van der Waals surface area contributed by atoms with Crippen molar-refractivity contribution >= 4 is 0 Å². The molecule has 0 spiro atoms. The summed E-state index contributed by atoms with van der Waals surface area (Å²) in [4.78, 5) is 2.35. The number of hydrogen-bond donors (Lipinski definition) is 1. The molecule has 0 saturated carbocycles. The lowest BCUT2D eigenvalue weighted by molar-refractivity contribution is 0.122. The average Bonchev–Trinajstić information content (AvgIpc) is 2.53. The second kappa shape index (κ2) is 7.00. The van der Waals surface area contributed by atoms with E-state index in [1.165, 1.54) is 6.42 Å². The van der Waals surface area contributed by atoms with Crippen LogP contribution in [0.2, 0.25) is 0 Å². The second-order valence-electron chi connectivity index (χ2n) is 5.51. The fourth-order valence-electron chi connectivity index (χ4n) is 3.28. The number of rotatable bonds is 5. The Balaban J connectivity index is 2.49. The van der Waals surface area contributed by atoms with E-state index in [9.17, 15) is 0 Å². The molecule has 21 heavy (non-hydrogen) atoms. The Morgan fingerprint density at radius 2 is 1.71 bits per heavy atom. The number of piperidine rings is 1. The van der Waals surface area contributed by atoms with Gasteiger partial charge in [-0.15, -0.1) is 0 Å². The van der Waals surface area contributed by atoms with E-state index in [1.54, 1.807) is 21.3 Å². The maximum atomic E-state index is 5.99. The Morgan fingerprint density at radius 1 is 1.10 bits per heavy atom. The van der Waals surface area contributed by atoms with Crippen LogP contribution in [-0.4, -0.2) is 46.4 Å². The summed E-state index contributed by atoms with van der Waals surface area (Å²) in [7, 11) is 7.11. The molecule has 2 atom stereocenters. The average molecular weight is 294 g/mol. The van der Waals surface area contributed by atoms with E-state index in [4.69, 9.17) is 19.9 Å². The minimum atomic E-state index is 0.249. The minimum Gasteiger partial charge on any atom is -0.496 e. The summed E-state index contributed by atoms with van der Waals surface area (Å²) < 4.78 is 16.4. The van der Waals surface area contributed by atoms with Gasteiger partial charge in [0.1, 0.15) is 5.75 Å². The molecule has 0 bridgehead atoms. The molecule has 1 aliphatic rings. The number of hydrogen-bond acceptors (Lipinski definition) is 5. The van der Waals surface area contributed by atoms with Gasteiger partial charge in [-0.05, 0) is 45.0 Å². The molecular formula is C16H26N2O3. The number of methoxy groups -OCH3 is 3. The van der Waals surface area contributed by atoms with Crippen molar-refractivity contribution in [1.29, 1.82) is 0 Å². The van der Waals surface area contributed by atoms with Gasteiger partial charge in [0.25, 0.3) is 0 Å². The standard InChI is InChI=1S/C16H26N2O3/c1-18-7-5-6-11(10-17)16(18)12-8-14(20-3)15(21-4)9-13(12)19-2/h8-9,11,16H,5-7,10,17H2,1-4H3. The first-order valence-corrected chi connectivity index (χ1v) is 7.36. The number of nitrogens with two attached hydrogens (primary N) is 1. The van der Waals surface area contributed by atoms with Gasteiger partial charge in [-0.1, -0.05) is 0 Å². The van der Waals surface area contributed by atoms with Gasteiger partial charge in [-0.2, -0.15) is 0 Å². The third-order valence-electron chi connectivity index (χ3n) is 4.36. The van der Waals surface area contributed by atoms with Gasteiger partial charge in [-0.3, -0.25) is 4.90 Å². The molecule has 5 nitrogen and oxygen atoms in total. The molecule has 1 fully saturated rings. The van der Waals surface area contributed by atoms with E-state index in [0.29, 0.717) is 18.2 Å². The maximum Gasteiger partial charge on any atom is 0.164 e. The smallest absolute Gasteiger partial charge is 0.164 e. The minimum absolute atomic E-state index is 0.249. The van der Waals surface area contributed by atoms with Crippen molar-refractivity contribution < 1.29 is 14.2 Å². The lowest BCUT2D eigenvalue weighted by Gasteiger charge is -2.39. The van der Waals surface area contributed by atoms with Crippen molar-refractivity contribution in [2.75, 3.05) is 41.5 Å². The molecule has 0 radical (unpaired) electrons. The molecule has 5 heteroatoms. The van der Waals surface area contributed by atoms with Crippen LogP contribution in [0.15, 0.2) is 12.1 Å². The first-order chi connectivity index (χ1) is 10.2. The van der Waals surface area contributed by atoms with E-state index in [-0.39, 0.29) is 6.04 Å². The highest BCUT2D eigenvalue weighted by Crippen LogP contribution is 2.43. The third-order valence-corrected chi connectivity index (χ3v) is 4.36. The van der Waals surface area contributed by atoms with Gasteiger partial charge in [0, 0.05) is 17.7 Å². The van der Waals surface area contributed by atoms with Crippen molar-refractivity contribution in [3.05, 3.63) is 17.7 Å². The maximum absolute atomic E-state index is 5.99. The first kappa shape index (κ1) is 15.9. The number of ether oxygens (including phenoxy) is 3. The SMILES string of the molecule is COc1cc(OC)c(C2C(CN)CCCN2C)cc1OC. The summed E-state index contributed by atoms with van der Waals surface area (Å²) in [6.45, 7) is 1.74. The van der Waals surface area contributed by atoms with Crippen LogP contribution in [0.1, 0.15) is 24.4 Å². The monoisotopic (exact) mass is 294 g/mol. The van der Waals surface area contributed by atoms with Crippen molar-refractivity contribution in [1.82, 2.24) is 4.90 Å². The number of benzene rings is 1. The molecule has 1 heterocycles. The predicted octanol–water partition coefficient (Wildman–Crippen LogP) is 2.05. The highest BCUT2D eigenvalue weighted by molar-refractivity contribution is 5.52. The Labute approximate surface area is 127 Å².